The molecule has 2 aromatic rings. The lowest BCUT2D eigenvalue weighted by molar-refractivity contribution is 0.389. The molecule has 1 saturated heterocycles. The zero-order valence-electron chi connectivity index (χ0n) is 14.4. The standard InChI is InChI=1S/C18H20N6S/c1-13-10-14(2)21-16(11-13)22-18(25)24-8-6-23(7-9-24)17-15(12-19)4-3-5-20-17/h3-5,10-11H,6-9H2,1-2H3,(H,21,22,25). The highest BCUT2D eigenvalue weighted by atomic mass is 32.1. The summed E-state index contributed by atoms with van der Waals surface area (Å²) in [6.45, 7) is 7.11. The average molecular weight is 352 g/mol. The summed E-state index contributed by atoms with van der Waals surface area (Å²) in [5.74, 6) is 1.53. The molecule has 128 valence electrons. The van der Waals surface area contributed by atoms with E-state index in [1.807, 2.05) is 26.0 Å². The number of hydrogen-bond donors (Lipinski definition) is 1. The highest BCUT2D eigenvalue weighted by molar-refractivity contribution is 7.80. The minimum atomic E-state index is 0.607. The van der Waals surface area contributed by atoms with E-state index in [0.29, 0.717) is 10.7 Å². The molecule has 3 rings (SSSR count). The van der Waals surface area contributed by atoms with E-state index in [1.54, 1.807) is 18.3 Å². The van der Waals surface area contributed by atoms with Crippen molar-refractivity contribution in [3.63, 3.8) is 0 Å². The molecule has 25 heavy (non-hydrogen) atoms. The summed E-state index contributed by atoms with van der Waals surface area (Å²) in [7, 11) is 0. The van der Waals surface area contributed by atoms with Crippen LogP contribution in [0.2, 0.25) is 0 Å². The number of thiocarbonyl (C=S) groups is 1. The van der Waals surface area contributed by atoms with E-state index in [1.165, 1.54) is 0 Å². The van der Waals surface area contributed by atoms with E-state index in [2.05, 4.69) is 31.2 Å². The van der Waals surface area contributed by atoms with E-state index in [-0.39, 0.29) is 0 Å². The third kappa shape index (κ3) is 4.03. The zero-order chi connectivity index (χ0) is 17.8. The maximum absolute atomic E-state index is 9.23. The minimum absolute atomic E-state index is 0.607. The Morgan fingerprint density at radius 1 is 1.24 bits per heavy atom. The van der Waals surface area contributed by atoms with Gasteiger partial charge < -0.3 is 15.1 Å². The van der Waals surface area contributed by atoms with Gasteiger partial charge in [-0.05, 0) is 55.9 Å². The lowest BCUT2D eigenvalue weighted by Crippen LogP contribution is -2.50. The summed E-state index contributed by atoms with van der Waals surface area (Å²) in [4.78, 5) is 13.1. The second-order valence-electron chi connectivity index (χ2n) is 6.06. The van der Waals surface area contributed by atoms with Crippen molar-refractivity contribution >= 4 is 29.0 Å². The van der Waals surface area contributed by atoms with Crippen molar-refractivity contribution in [3.05, 3.63) is 47.3 Å². The SMILES string of the molecule is Cc1cc(C)nc(NC(=S)N2CCN(c3ncccc3C#N)CC2)c1. The topological polar surface area (TPSA) is 68.1 Å². The van der Waals surface area contributed by atoms with Gasteiger partial charge in [-0.3, -0.25) is 0 Å². The maximum atomic E-state index is 9.23. The van der Waals surface area contributed by atoms with Crippen LogP contribution in [0.3, 0.4) is 0 Å². The molecule has 6 nitrogen and oxygen atoms in total. The van der Waals surface area contributed by atoms with Crippen molar-refractivity contribution in [2.75, 3.05) is 36.4 Å². The largest absolute Gasteiger partial charge is 0.352 e. The van der Waals surface area contributed by atoms with Gasteiger partial charge in [-0.25, -0.2) is 9.97 Å². The first kappa shape index (κ1) is 17.1. The Balaban J connectivity index is 1.62. The highest BCUT2D eigenvalue weighted by Gasteiger charge is 2.21. The Hall–Kier alpha value is -2.72. The smallest absolute Gasteiger partial charge is 0.174 e. The van der Waals surface area contributed by atoms with Crippen molar-refractivity contribution in [2.24, 2.45) is 0 Å². The van der Waals surface area contributed by atoms with Crippen LogP contribution in [0.15, 0.2) is 30.5 Å². The predicted molar refractivity (Wildman–Crippen MR) is 103 cm³/mol. The first-order chi connectivity index (χ1) is 12.1. The van der Waals surface area contributed by atoms with Crippen LogP contribution >= 0.6 is 12.2 Å². The summed E-state index contributed by atoms with van der Waals surface area (Å²) < 4.78 is 0. The van der Waals surface area contributed by atoms with Gasteiger partial charge in [-0.1, -0.05) is 0 Å². The van der Waals surface area contributed by atoms with Gasteiger partial charge in [0, 0.05) is 38.1 Å². The van der Waals surface area contributed by atoms with Gasteiger partial charge in [0.05, 0.1) is 5.56 Å². The van der Waals surface area contributed by atoms with Gasteiger partial charge in [0.1, 0.15) is 17.7 Å². The quantitative estimate of drug-likeness (QED) is 0.833. The molecule has 1 aliphatic rings. The Morgan fingerprint density at radius 2 is 2.00 bits per heavy atom. The highest BCUT2D eigenvalue weighted by Crippen LogP contribution is 2.18. The van der Waals surface area contributed by atoms with Crippen molar-refractivity contribution in [2.45, 2.75) is 13.8 Å². The lowest BCUT2D eigenvalue weighted by atomic mass is 10.2. The third-order valence-electron chi connectivity index (χ3n) is 4.11. The molecule has 1 N–H and O–H groups in total. The van der Waals surface area contributed by atoms with E-state index >= 15 is 0 Å². The molecule has 0 amide bonds. The van der Waals surface area contributed by atoms with Gasteiger partial charge in [0.2, 0.25) is 0 Å². The summed E-state index contributed by atoms with van der Waals surface area (Å²) in [6, 6.07) is 9.81. The van der Waals surface area contributed by atoms with Crippen LogP contribution < -0.4 is 10.2 Å². The van der Waals surface area contributed by atoms with Crippen LogP contribution in [-0.2, 0) is 0 Å². The number of nitrogens with one attached hydrogen (secondary N) is 1. The molecule has 3 heterocycles. The second-order valence-corrected chi connectivity index (χ2v) is 6.45. The van der Waals surface area contributed by atoms with Crippen LogP contribution in [0, 0.1) is 25.2 Å². The maximum Gasteiger partial charge on any atom is 0.174 e. The van der Waals surface area contributed by atoms with E-state index in [4.69, 9.17) is 12.2 Å². The molecule has 1 aliphatic heterocycles. The monoisotopic (exact) mass is 352 g/mol. The van der Waals surface area contributed by atoms with Crippen LogP contribution in [0.5, 0.6) is 0 Å². The van der Waals surface area contributed by atoms with Crippen molar-refractivity contribution in [1.82, 2.24) is 14.9 Å². The number of nitrogens with zero attached hydrogens (tertiary/aromatic N) is 5. The average Bonchev–Trinajstić information content (AvgIpc) is 2.61. The summed E-state index contributed by atoms with van der Waals surface area (Å²) in [5, 5.41) is 13.1. The summed E-state index contributed by atoms with van der Waals surface area (Å²) in [5.41, 5.74) is 2.73. The molecule has 1 fully saturated rings. The van der Waals surface area contributed by atoms with Crippen LogP contribution in [0.25, 0.3) is 0 Å². The normalized spacial score (nSPS) is 14.1. The second kappa shape index (κ2) is 7.45. The van der Waals surface area contributed by atoms with Crippen molar-refractivity contribution < 1.29 is 0 Å². The Labute approximate surface area is 153 Å². The van der Waals surface area contributed by atoms with E-state index in [0.717, 1.165) is 49.1 Å². The minimum Gasteiger partial charge on any atom is -0.352 e. The number of nitriles is 1. The summed E-state index contributed by atoms with van der Waals surface area (Å²) in [6.07, 6.45) is 1.72. The van der Waals surface area contributed by atoms with Gasteiger partial charge in [-0.2, -0.15) is 5.26 Å². The number of hydrogen-bond acceptors (Lipinski definition) is 5. The van der Waals surface area contributed by atoms with E-state index in [9.17, 15) is 5.26 Å². The number of rotatable bonds is 2. The lowest BCUT2D eigenvalue weighted by Gasteiger charge is -2.37. The van der Waals surface area contributed by atoms with Crippen molar-refractivity contribution in [3.8, 4) is 6.07 Å². The first-order valence-electron chi connectivity index (χ1n) is 8.18. The number of piperazine rings is 1. The fourth-order valence-corrected chi connectivity index (χ4v) is 3.24. The molecule has 0 radical (unpaired) electrons. The van der Waals surface area contributed by atoms with Gasteiger partial charge in [-0.15, -0.1) is 0 Å². The van der Waals surface area contributed by atoms with Gasteiger partial charge in [0.15, 0.2) is 5.11 Å². The molecule has 0 unspecified atom stereocenters. The molecule has 0 atom stereocenters. The Bertz CT molecular complexity index is 800. The fourth-order valence-electron chi connectivity index (χ4n) is 2.95. The zero-order valence-corrected chi connectivity index (χ0v) is 15.2. The third-order valence-corrected chi connectivity index (χ3v) is 4.47. The Kier molecular flexibility index (Phi) is 5.10. The number of anilines is 2. The molecule has 0 spiro atoms. The molecule has 0 saturated carbocycles. The predicted octanol–water partition coefficient (Wildman–Crippen LogP) is 2.48. The molecule has 7 heteroatoms. The first-order valence-corrected chi connectivity index (χ1v) is 8.59. The Morgan fingerprint density at radius 3 is 2.68 bits per heavy atom. The number of aromatic nitrogens is 2. The molecule has 0 bridgehead atoms. The molecule has 2 aromatic heterocycles. The molecule has 0 aliphatic carbocycles. The fraction of sp³-hybridized carbons (Fsp3) is 0.333. The van der Waals surface area contributed by atoms with Crippen molar-refractivity contribution in [1.29, 1.82) is 5.26 Å². The van der Waals surface area contributed by atoms with Crippen LogP contribution in [-0.4, -0.2) is 46.2 Å². The molecule has 0 aromatic carbocycles. The van der Waals surface area contributed by atoms with Crippen LogP contribution in [0.1, 0.15) is 16.8 Å². The van der Waals surface area contributed by atoms with Gasteiger partial charge in [0.25, 0.3) is 0 Å². The summed E-state index contributed by atoms with van der Waals surface area (Å²) >= 11 is 5.53. The van der Waals surface area contributed by atoms with Gasteiger partial charge >= 0.3 is 0 Å². The number of aryl methyl sites for hydroxylation is 2. The number of pyridine rings is 2. The van der Waals surface area contributed by atoms with Crippen LogP contribution in [0.4, 0.5) is 11.6 Å². The molecular formula is C18H20N6S. The van der Waals surface area contributed by atoms with E-state index < -0.39 is 0 Å². The molecular weight excluding hydrogens is 332 g/mol.